The first-order valence-corrected chi connectivity index (χ1v) is 5.81. The molecule has 12 heavy (non-hydrogen) atoms. The molecule has 1 atom stereocenters. The van der Waals surface area contributed by atoms with Gasteiger partial charge in [0.2, 0.25) is 0 Å². The van der Waals surface area contributed by atoms with Gasteiger partial charge in [-0.15, -0.1) is 0 Å². The van der Waals surface area contributed by atoms with Gasteiger partial charge >= 0.3 is 5.97 Å². The molecule has 0 aromatic carbocycles. The van der Waals surface area contributed by atoms with E-state index >= 15 is 0 Å². The average molecular weight is 282 g/mol. The third-order valence-electron chi connectivity index (χ3n) is 2.33. The highest BCUT2D eigenvalue weighted by molar-refractivity contribution is 14.1. The monoisotopic (exact) mass is 282 g/mol. The SMILES string of the molecule is CCOC(=O)C(I)C1CCCC1. The van der Waals surface area contributed by atoms with Crippen molar-refractivity contribution in [2.24, 2.45) is 5.92 Å². The van der Waals surface area contributed by atoms with Crippen molar-refractivity contribution in [3.63, 3.8) is 0 Å². The summed E-state index contributed by atoms with van der Waals surface area (Å²) in [5, 5.41) is 0. The zero-order chi connectivity index (χ0) is 8.97. The maximum Gasteiger partial charge on any atom is 0.319 e. The number of alkyl halides is 1. The molecule has 0 amide bonds. The Kier molecular flexibility index (Phi) is 4.32. The van der Waals surface area contributed by atoms with Crippen LogP contribution in [0.25, 0.3) is 0 Å². The summed E-state index contributed by atoms with van der Waals surface area (Å²) in [5.41, 5.74) is 0. The van der Waals surface area contributed by atoms with Crippen LogP contribution in [0.5, 0.6) is 0 Å². The van der Waals surface area contributed by atoms with Crippen molar-refractivity contribution in [1.29, 1.82) is 0 Å². The highest BCUT2D eigenvalue weighted by atomic mass is 127. The Bertz CT molecular complexity index is 153. The first-order valence-electron chi connectivity index (χ1n) is 4.56. The van der Waals surface area contributed by atoms with E-state index in [9.17, 15) is 4.79 Å². The number of carbonyl (C=O) groups is 1. The molecule has 0 spiro atoms. The summed E-state index contributed by atoms with van der Waals surface area (Å²) < 4.78 is 5.06. The molecule has 0 heterocycles. The lowest BCUT2D eigenvalue weighted by Gasteiger charge is -2.14. The minimum atomic E-state index is -0.0231. The van der Waals surface area contributed by atoms with Gasteiger partial charge in [-0.1, -0.05) is 35.4 Å². The Balaban J connectivity index is 2.34. The fourth-order valence-electron chi connectivity index (χ4n) is 1.66. The van der Waals surface area contributed by atoms with Gasteiger partial charge in [0.25, 0.3) is 0 Å². The predicted molar refractivity (Wildman–Crippen MR) is 56.4 cm³/mol. The van der Waals surface area contributed by atoms with Crippen LogP contribution in [0.3, 0.4) is 0 Å². The normalized spacial score (nSPS) is 20.8. The summed E-state index contributed by atoms with van der Waals surface area (Å²) >= 11 is 2.22. The number of ether oxygens (including phenoxy) is 1. The van der Waals surface area contributed by atoms with E-state index < -0.39 is 0 Å². The van der Waals surface area contributed by atoms with Crippen LogP contribution < -0.4 is 0 Å². The summed E-state index contributed by atoms with van der Waals surface area (Å²) in [6.45, 7) is 2.36. The van der Waals surface area contributed by atoms with Crippen molar-refractivity contribution in [3.05, 3.63) is 0 Å². The quantitative estimate of drug-likeness (QED) is 0.452. The predicted octanol–water partition coefficient (Wildman–Crippen LogP) is 2.54. The molecule has 1 saturated carbocycles. The molecule has 0 saturated heterocycles. The average Bonchev–Trinajstić information content (AvgIpc) is 2.55. The molecule has 0 bridgehead atoms. The van der Waals surface area contributed by atoms with Crippen LogP contribution in [0.15, 0.2) is 0 Å². The molecule has 70 valence electrons. The molecule has 0 N–H and O–H groups in total. The second-order valence-electron chi connectivity index (χ2n) is 3.20. The third-order valence-corrected chi connectivity index (χ3v) is 3.85. The fraction of sp³-hybridized carbons (Fsp3) is 0.889. The van der Waals surface area contributed by atoms with Crippen LogP contribution in [0.1, 0.15) is 32.6 Å². The topological polar surface area (TPSA) is 26.3 Å². The van der Waals surface area contributed by atoms with Gasteiger partial charge in [0.05, 0.1) is 6.61 Å². The molecule has 0 aromatic rings. The second kappa shape index (κ2) is 5.04. The number of hydrogen-bond donors (Lipinski definition) is 0. The molecule has 3 heteroatoms. The summed E-state index contributed by atoms with van der Waals surface area (Å²) in [4.78, 5) is 11.3. The van der Waals surface area contributed by atoms with Gasteiger partial charge < -0.3 is 4.74 Å². The van der Waals surface area contributed by atoms with Gasteiger partial charge in [-0.25, -0.2) is 0 Å². The van der Waals surface area contributed by atoms with E-state index in [1.54, 1.807) is 0 Å². The van der Waals surface area contributed by atoms with Gasteiger partial charge in [-0.2, -0.15) is 0 Å². The Hall–Kier alpha value is 0.200. The van der Waals surface area contributed by atoms with Gasteiger partial charge in [0.15, 0.2) is 0 Å². The van der Waals surface area contributed by atoms with Crippen molar-refractivity contribution in [2.75, 3.05) is 6.61 Å². The molecular formula is C9H15IO2. The fourth-order valence-corrected chi connectivity index (χ4v) is 2.56. The Morgan fingerprint density at radius 3 is 2.67 bits per heavy atom. The molecule has 1 aliphatic carbocycles. The highest BCUT2D eigenvalue weighted by Gasteiger charge is 2.28. The zero-order valence-corrected chi connectivity index (χ0v) is 9.54. The minimum Gasteiger partial charge on any atom is -0.465 e. The van der Waals surface area contributed by atoms with Gasteiger partial charge in [-0.05, 0) is 25.7 Å². The lowest BCUT2D eigenvalue weighted by molar-refractivity contribution is -0.142. The van der Waals surface area contributed by atoms with E-state index in [-0.39, 0.29) is 9.89 Å². The van der Waals surface area contributed by atoms with Crippen molar-refractivity contribution in [1.82, 2.24) is 0 Å². The van der Waals surface area contributed by atoms with Crippen molar-refractivity contribution in [2.45, 2.75) is 36.5 Å². The lowest BCUT2D eigenvalue weighted by Crippen LogP contribution is -2.24. The Morgan fingerprint density at radius 2 is 2.17 bits per heavy atom. The van der Waals surface area contributed by atoms with Crippen LogP contribution in [0, 0.1) is 5.92 Å². The maximum atomic E-state index is 11.3. The van der Waals surface area contributed by atoms with Crippen LogP contribution >= 0.6 is 22.6 Å². The Labute approximate surface area is 87.2 Å². The smallest absolute Gasteiger partial charge is 0.319 e. The minimum absolute atomic E-state index is 0.0231. The molecule has 0 aliphatic heterocycles. The number of hydrogen-bond acceptors (Lipinski definition) is 2. The highest BCUT2D eigenvalue weighted by Crippen LogP contribution is 2.32. The van der Waals surface area contributed by atoms with E-state index in [2.05, 4.69) is 22.6 Å². The number of carbonyl (C=O) groups excluding carboxylic acids is 1. The second-order valence-corrected chi connectivity index (χ2v) is 4.54. The summed E-state index contributed by atoms with van der Waals surface area (Å²) in [7, 11) is 0. The zero-order valence-electron chi connectivity index (χ0n) is 7.38. The summed E-state index contributed by atoms with van der Waals surface area (Å²) in [5.74, 6) is 0.551. The van der Waals surface area contributed by atoms with Gasteiger partial charge in [-0.3, -0.25) is 4.79 Å². The first-order chi connectivity index (χ1) is 5.75. The number of halogens is 1. The van der Waals surface area contributed by atoms with Crippen LogP contribution in [0.4, 0.5) is 0 Å². The van der Waals surface area contributed by atoms with E-state index in [1.165, 1.54) is 25.7 Å². The molecule has 1 unspecified atom stereocenters. The molecule has 1 aliphatic rings. The molecule has 1 rings (SSSR count). The van der Waals surface area contributed by atoms with Crippen LogP contribution in [-0.2, 0) is 9.53 Å². The van der Waals surface area contributed by atoms with Gasteiger partial charge in [0.1, 0.15) is 3.92 Å². The van der Waals surface area contributed by atoms with Crippen molar-refractivity contribution in [3.8, 4) is 0 Å². The molecule has 1 fully saturated rings. The molecule has 2 nitrogen and oxygen atoms in total. The van der Waals surface area contributed by atoms with Crippen molar-refractivity contribution >= 4 is 28.6 Å². The Morgan fingerprint density at radius 1 is 1.58 bits per heavy atom. The van der Waals surface area contributed by atoms with Crippen LogP contribution in [-0.4, -0.2) is 16.5 Å². The first kappa shape index (κ1) is 10.3. The summed E-state index contributed by atoms with van der Waals surface area (Å²) in [6.07, 6.45) is 4.96. The lowest BCUT2D eigenvalue weighted by atomic mass is 10.0. The number of rotatable bonds is 3. The van der Waals surface area contributed by atoms with Crippen LogP contribution in [0.2, 0.25) is 0 Å². The van der Waals surface area contributed by atoms with E-state index in [0.29, 0.717) is 12.5 Å². The van der Waals surface area contributed by atoms with E-state index in [0.717, 1.165) is 0 Å². The number of esters is 1. The summed E-state index contributed by atoms with van der Waals surface area (Å²) in [6, 6.07) is 0. The third kappa shape index (κ3) is 2.61. The van der Waals surface area contributed by atoms with E-state index in [1.807, 2.05) is 6.92 Å². The maximum absolute atomic E-state index is 11.3. The molecule has 0 aromatic heterocycles. The van der Waals surface area contributed by atoms with Gasteiger partial charge in [0, 0.05) is 0 Å². The molecular weight excluding hydrogens is 267 g/mol. The molecule has 0 radical (unpaired) electrons. The standard InChI is InChI=1S/C9H15IO2/c1-2-12-9(11)8(10)7-5-3-4-6-7/h7-8H,2-6H2,1H3. The van der Waals surface area contributed by atoms with Crippen molar-refractivity contribution < 1.29 is 9.53 Å². The largest absolute Gasteiger partial charge is 0.465 e. The van der Waals surface area contributed by atoms with E-state index in [4.69, 9.17) is 4.74 Å².